The molecule has 0 fully saturated rings. The highest BCUT2D eigenvalue weighted by Crippen LogP contribution is 2.20. The number of hydrogen-bond acceptors (Lipinski definition) is 6. The third-order valence-corrected chi connectivity index (χ3v) is 2.70. The molecule has 0 aliphatic heterocycles. The number of hydrogen-bond donors (Lipinski definition) is 3. The topological polar surface area (TPSA) is 105 Å². The van der Waals surface area contributed by atoms with Gasteiger partial charge in [0.2, 0.25) is 0 Å². The summed E-state index contributed by atoms with van der Waals surface area (Å²) in [6.07, 6.45) is -3.08. The quantitative estimate of drug-likeness (QED) is 0.560. The van der Waals surface area contributed by atoms with Crippen molar-refractivity contribution >= 4 is 12.1 Å². The molecule has 23 heavy (non-hydrogen) atoms. The molecule has 0 heterocycles. The smallest absolute Gasteiger partial charge is 0.407 e. The van der Waals surface area contributed by atoms with E-state index < -0.39 is 29.9 Å². The molecular weight excluding hydrogens is 302 g/mol. The van der Waals surface area contributed by atoms with Gasteiger partial charge >= 0.3 is 12.1 Å². The Morgan fingerprint density at radius 2 is 1.74 bits per heavy atom. The van der Waals surface area contributed by atoms with Crippen molar-refractivity contribution in [3.05, 3.63) is 29.8 Å². The van der Waals surface area contributed by atoms with Gasteiger partial charge in [-0.3, -0.25) is 4.79 Å². The first-order chi connectivity index (χ1) is 10.6. The van der Waals surface area contributed by atoms with Crippen LogP contribution in [-0.2, 0) is 9.53 Å². The van der Waals surface area contributed by atoms with Gasteiger partial charge in [0.05, 0.1) is 0 Å². The van der Waals surface area contributed by atoms with E-state index in [-0.39, 0.29) is 6.54 Å². The summed E-state index contributed by atoms with van der Waals surface area (Å²) in [5, 5.41) is 22.4. The van der Waals surface area contributed by atoms with Crippen LogP contribution in [0.5, 0.6) is 5.75 Å². The molecule has 1 rings (SSSR count). The third-order valence-electron chi connectivity index (χ3n) is 2.70. The zero-order valence-electron chi connectivity index (χ0n) is 13.7. The van der Waals surface area contributed by atoms with E-state index in [4.69, 9.17) is 9.47 Å². The predicted molar refractivity (Wildman–Crippen MR) is 83.0 cm³/mol. The van der Waals surface area contributed by atoms with E-state index in [0.717, 1.165) is 0 Å². The monoisotopic (exact) mass is 325 g/mol. The Morgan fingerprint density at radius 3 is 2.22 bits per heavy atom. The fourth-order valence-corrected chi connectivity index (χ4v) is 1.73. The minimum absolute atomic E-state index is 0.165. The Labute approximate surface area is 135 Å². The second kappa shape index (κ2) is 7.94. The lowest BCUT2D eigenvalue weighted by Crippen LogP contribution is -2.38. The molecule has 0 bridgehead atoms. The minimum Gasteiger partial charge on any atom is -0.444 e. The van der Waals surface area contributed by atoms with Gasteiger partial charge in [0.1, 0.15) is 23.6 Å². The van der Waals surface area contributed by atoms with Gasteiger partial charge in [0, 0.05) is 13.5 Å². The van der Waals surface area contributed by atoms with Gasteiger partial charge in [-0.25, -0.2) is 4.79 Å². The molecule has 2 atom stereocenters. The van der Waals surface area contributed by atoms with Crippen molar-refractivity contribution in [3.63, 3.8) is 0 Å². The number of carbonyl (C=O) groups excluding carboxylic acids is 2. The maximum atomic E-state index is 11.5. The highest BCUT2D eigenvalue weighted by molar-refractivity contribution is 5.69. The lowest BCUT2D eigenvalue weighted by Gasteiger charge is -2.22. The lowest BCUT2D eigenvalue weighted by atomic mass is 10.0. The molecule has 7 nitrogen and oxygen atoms in total. The molecular formula is C16H23NO6. The number of ether oxygens (including phenoxy) is 2. The van der Waals surface area contributed by atoms with Crippen molar-refractivity contribution in [2.24, 2.45) is 0 Å². The van der Waals surface area contributed by atoms with Crippen LogP contribution < -0.4 is 10.1 Å². The number of aliphatic hydroxyl groups is 2. The second-order valence-electron chi connectivity index (χ2n) is 6.06. The summed E-state index contributed by atoms with van der Waals surface area (Å²) in [6, 6.07) is 6.07. The predicted octanol–water partition coefficient (Wildman–Crippen LogP) is 1.53. The SMILES string of the molecule is CC(=O)Oc1ccc(C(O)C(O)CNC(=O)OC(C)(C)C)cc1. The van der Waals surface area contributed by atoms with Gasteiger partial charge in [-0.1, -0.05) is 12.1 Å². The summed E-state index contributed by atoms with van der Waals surface area (Å²) in [5.41, 5.74) is -0.209. The first kappa shape index (κ1) is 18.9. The number of rotatable bonds is 5. The Bertz CT molecular complexity index is 534. The van der Waals surface area contributed by atoms with Crippen LogP contribution >= 0.6 is 0 Å². The van der Waals surface area contributed by atoms with E-state index in [0.29, 0.717) is 11.3 Å². The first-order valence-corrected chi connectivity index (χ1v) is 7.20. The van der Waals surface area contributed by atoms with E-state index in [1.807, 2.05) is 0 Å². The number of aliphatic hydroxyl groups excluding tert-OH is 2. The number of amides is 1. The molecule has 0 spiro atoms. The number of carbonyl (C=O) groups is 2. The molecule has 3 N–H and O–H groups in total. The lowest BCUT2D eigenvalue weighted by molar-refractivity contribution is -0.131. The molecule has 2 unspecified atom stereocenters. The molecule has 7 heteroatoms. The normalized spacial score (nSPS) is 13.8. The van der Waals surface area contributed by atoms with Gasteiger partial charge in [0.15, 0.2) is 0 Å². The molecule has 0 aliphatic carbocycles. The van der Waals surface area contributed by atoms with E-state index in [2.05, 4.69) is 5.32 Å². The van der Waals surface area contributed by atoms with Gasteiger partial charge < -0.3 is 25.0 Å². The van der Waals surface area contributed by atoms with Gasteiger partial charge in [-0.2, -0.15) is 0 Å². The van der Waals surface area contributed by atoms with Gasteiger partial charge in [-0.15, -0.1) is 0 Å². The molecule has 128 valence electrons. The molecule has 0 saturated heterocycles. The maximum Gasteiger partial charge on any atom is 0.407 e. The maximum absolute atomic E-state index is 11.5. The zero-order chi connectivity index (χ0) is 17.6. The Balaban J connectivity index is 2.54. The average molecular weight is 325 g/mol. The standard InChI is InChI=1S/C16H23NO6/c1-10(18)22-12-7-5-11(6-8-12)14(20)13(19)9-17-15(21)23-16(2,3)4/h5-8,13-14,19-20H,9H2,1-4H3,(H,17,21). The van der Waals surface area contributed by atoms with E-state index in [1.54, 1.807) is 20.8 Å². The first-order valence-electron chi connectivity index (χ1n) is 7.20. The fraction of sp³-hybridized carbons (Fsp3) is 0.500. The second-order valence-corrected chi connectivity index (χ2v) is 6.06. The highest BCUT2D eigenvalue weighted by Gasteiger charge is 2.21. The largest absolute Gasteiger partial charge is 0.444 e. The van der Waals surface area contributed by atoms with Crippen LogP contribution in [0.2, 0.25) is 0 Å². The van der Waals surface area contributed by atoms with Crippen LogP contribution in [0.15, 0.2) is 24.3 Å². The Kier molecular flexibility index (Phi) is 6.53. The van der Waals surface area contributed by atoms with Gasteiger partial charge in [0.25, 0.3) is 0 Å². The number of alkyl carbamates (subject to hydrolysis) is 1. The summed E-state index contributed by atoms with van der Waals surface area (Å²) in [7, 11) is 0. The average Bonchev–Trinajstić information content (AvgIpc) is 2.42. The van der Waals surface area contributed by atoms with E-state index in [1.165, 1.54) is 31.2 Å². The molecule has 0 aliphatic rings. The van der Waals surface area contributed by atoms with E-state index in [9.17, 15) is 19.8 Å². The fourth-order valence-electron chi connectivity index (χ4n) is 1.73. The third kappa shape index (κ3) is 7.12. The number of benzene rings is 1. The highest BCUT2D eigenvalue weighted by atomic mass is 16.6. The summed E-state index contributed by atoms with van der Waals surface area (Å²) >= 11 is 0. The van der Waals surface area contributed by atoms with Crippen LogP contribution in [0, 0.1) is 0 Å². The molecule has 0 saturated carbocycles. The molecule has 0 aromatic heterocycles. The summed E-state index contributed by atoms with van der Waals surface area (Å²) in [6.45, 7) is 6.30. The number of nitrogens with one attached hydrogen (secondary N) is 1. The molecule has 0 radical (unpaired) electrons. The van der Waals surface area contributed by atoms with Crippen LogP contribution in [0.1, 0.15) is 39.4 Å². The van der Waals surface area contributed by atoms with Crippen LogP contribution in [-0.4, -0.2) is 40.5 Å². The van der Waals surface area contributed by atoms with Crippen molar-refractivity contribution in [2.75, 3.05) is 6.54 Å². The van der Waals surface area contributed by atoms with Gasteiger partial charge in [-0.05, 0) is 38.5 Å². The Morgan fingerprint density at radius 1 is 1.17 bits per heavy atom. The minimum atomic E-state index is -1.21. The van der Waals surface area contributed by atoms with Crippen molar-refractivity contribution in [1.29, 1.82) is 0 Å². The van der Waals surface area contributed by atoms with Crippen LogP contribution in [0.4, 0.5) is 4.79 Å². The van der Waals surface area contributed by atoms with Crippen molar-refractivity contribution in [3.8, 4) is 5.75 Å². The van der Waals surface area contributed by atoms with E-state index >= 15 is 0 Å². The molecule has 1 aromatic carbocycles. The summed E-state index contributed by atoms with van der Waals surface area (Å²) in [5.74, 6) is -0.102. The number of esters is 1. The summed E-state index contributed by atoms with van der Waals surface area (Å²) in [4.78, 5) is 22.3. The molecule has 1 amide bonds. The van der Waals surface area contributed by atoms with Crippen LogP contribution in [0.3, 0.4) is 0 Å². The molecule has 1 aromatic rings. The van der Waals surface area contributed by atoms with Crippen molar-refractivity contribution in [1.82, 2.24) is 5.32 Å². The van der Waals surface area contributed by atoms with Crippen molar-refractivity contribution < 1.29 is 29.3 Å². The zero-order valence-corrected chi connectivity index (χ0v) is 13.7. The Hall–Kier alpha value is -2.12. The van der Waals surface area contributed by atoms with Crippen molar-refractivity contribution in [2.45, 2.75) is 45.5 Å². The van der Waals surface area contributed by atoms with Crippen LogP contribution in [0.25, 0.3) is 0 Å². The summed E-state index contributed by atoms with van der Waals surface area (Å²) < 4.78 is 9.91.